The number of nitrogens with zero attached hydrogens (tertiary/aromatic N) is 4. The Bertz CT molecular complexity index is 814. The van der Waals surface area contributed by atoms with Crippen molar-refractivity contribution in [3.05, 3.63) is 52.7 Å². The summed E-state index contributed by atoms with van der Waals surface area (Å²) in [7, 11) is 0. The number of imidazole rings is 1. The van der Waals surface area contributed by atoms with E-state index in [1.165, 1.54) is 0 Å². The van der Waals surface area contributed by atoms with Crippen molar-refractivity contribution in [3.63, 3.8) is 0 Å². The second-order valence-electron chi connectivity index (χ2n) is 4.36. The lowest BCUT2D eigenvalue weighted by Gasteiger charge is -2.06. The number of pyridine rings is 1. The maximum Gasteiger partial charge on any atom is 0.202 e. The molecule has 0 atom stereocenters. The van der Waals surface area contributed by atoms with Crippen LogP contribution in [0.15, 0.2) is 36.5 Å². The second-order valence-corrected chi connectivity index (χ2v) is 4.80. The molecule has 0 spiro atoms. The van der Waals surface area contributed by atoms with Gasteiger partial charge in [-0.2, -0.15) is 5.26 Å². The number of benzene rings is 1. The minimum absolute atomic E-state index is 0.388. The molecular formula is C14H10ClN5. The minimum Gasteiger partial charge on any atom is -0.369 e. The van der Waals surface area contributed by atoms with Crippen LogP contribution >= 0.6 is 11.6 Å². The van der Waals surface area contributed by atoms with Gasteiger partial charge >= 0.3 is 0 Å². The van der Waals surface area contributed by atoms with Crippen LogP contribution in [0.4, 0.5) is 5.95 Å². The summed E-state index contributed by atoms with van der Waals surface area (Å²) in [5.74, 6) is 0.388. The fraction of sp³-hybridized carbons (Fsp3) is 0.0714. The number of anilines is 1. The van der Waals surface area contributed by atoms with Crippen molar-refractivity contribution in [2.75, 3.05) is 5.73 Å². The Labute approximate surface area is 120 Å². The quantitative estimate of drug-likeness (QED) is 0.784. The zero-order valence-electron chi connectivity index (χ0n) is 10.4. The predicted molar refractivity (Wildman–Crippen MR) is 77.2 cm³/mol. The molecule has 0 saturated carbocycles. The molecule has 1 aromatic carbocycles. The summed E-state index contributed by atoms with van der Waals surface area (Å²) in [6.07, 6.45) is 1.57. The van der Waals surface area contributed by atoms with E-state index in [-0.39, 0.29) is 0 Å². The van der Waals surface area contributed by atoms with E-state index in [9.17, 15) is 0 Å². The molecule has 2 aromatic heterocycles. The van der Waals surface area contributed by atoms with Gasteiger partial charge in [0.15, 0.2) is 5.65 Å². The van der Waals surface area contributed by atoms with Gasteiger partial charge in [0.2, 0.25) is 5.95 Å². The number of fused-ring (bicyclic) bond motifs is 1. The molecular weight excluding hydrogens is 274 g/mol. The summed E-state index contributed by atoms with van der Waals surface area (Å²) in [4.78, 5) is 8.51. The van der Waals surface area contributed by atoms with Gasteiger partial charge in [-0.05, 0) is 23.8 Å². The zero-order valence-corrected chi connectivity index (χ0v) is 11.2. The molecule has 2 heterocycles. The lowest BCUT2D eigenvalue weighted by molar-refractivity contribution is 0.828. The Morgan fingerprint density at radius 1 is 1.30 bits per heavy atom. The highest BCUT2D eigenvalue weighted by molar-refractivity contribution is 6.31. The van der Waals surface area contributed by atoms with Crippen molar-refractivity contribution >= 4 is 28.7 Å². The largest absolute Gasteiger partial charge is 0.369 e. The summed E-state index contributed by atoms with van der Waals surface area (Å²) in [5, 5.41) is 9.32. The van der Waals surface area contributed by atoms with Gasteiger partial charge in [-0.1, -0.05) is 23.7 Å². The fourth-order valence-corrected chi connectivity index (χ4v) is 2.18. The smallest absolute Gasteiger partial charge is 0.202 e. The van der Waals surface area contributed by atoms with Crippen LogP contribution in [-0.4, -0.2) is 14.5 Å². The van der Waals surface area contributed by atoms with Crippen LogP contribution in [0.2, 0.25) is 5.02 Å². The Hall–Kier alpha value is -2.58. The highest BCUT2D eigenvalue weighted by Crippen LogP contribution is 2.20. The highest BCUT2D eigenvalue weighted by atomic mass is 35.5. The van der Waals surface area contributed by atoms with E-state index in [1.54, 1.807) is 24.4 Å². The Kier molecular flexibility index (Phi) is 3.01. The lowest BCUT2D eigenvalue weighted by atomic mass is 10.1. The first-order valence-corrected chi connectivity index (χ1v) is 6.31. The molecule has 5 nitrogen and oxygen atoms in total. The molecule has 0 aliphatic rings. The molecule has 0 radical (unpaired) electrons. The van der Waals surface area contributed by atoms with Crippen LogP contribution in [-0.2, 0) is 6.54 Å². The lowest BCUT2D eigenvalue weighted by Crippen LogP contribution is -2.05. The average Bonchev–Trinajstić information content (AvgIpc) is 2.75. The van der Waals surface area contributed by atoms with E-state index in [1.807, 2.05) is 16.7 Å². The van der Waals surface area contributed by atoms with E-state index < -0.39 is 0 Å². The normalized spacial score (nSPS) is 10.6. The summed E-state index contributed by atoms with van der Waals surface area (Å²) in [6.45, 7) is 0.544. The van der Waals surface area contributed by atoms with Crippen LogP contribution in [0.5, 0.6) is 0 Å². The average molecular weight is 284 g/mol. The fourth-order valence-electron chi connectivity index (χ4n) is 2.03. The monoisotopic (exact) mass is 283 g/mol. The van der Waals surface area contributed by atoms with Crippen molar-refractivity contribution in [1.29, 1.82) is 5.26 Å². The Balaban J connectivity index is 2.01. The molecule has 0 bridgehead atoms. The van der Waals surface area contributed by atoms with Gasteiger partial charge < -0.3 is 5.73 Å². The standard InChI is InChI=1S/C14H10ClN5/c15-11-5-12-13(18-7-11)20(14(17)19-12)8-10-3-1-9(6-16)2-4-10/h1-5,7H,8H2,(H2,17,19). The maximum atomic E-state index is 8.79. The van der Waals surface area contributed by atoms with Crippen molar-refractivity contribution < 1.29 is 0 Å². The molecule has 0 unspecified atom stereocenters. The zero-order chi connectivity index (χ0) is 14.1. The number of hydrogen-bond acceptors (Lipinski definition) is 4. The molecule has 20 heavy (non-hydrogen) atoms. The third kappa shape index (κ3) is 2.17. The molecule has 0 amide bonds. The molecule has 98 valence electrons. The molecule has 0 aliphatic carbocycles. The first kappa shape index (κ1) is 12.5. The molecule has 0 saturated heterocycles. The molecule has 3 aromatic rings. The van der Waals surface area contributed by atoms with Crippen LogP contribution in [0.1, 0.15) is 11.1 Å². The molecule has 0 fully saturated rings. The molecule has 6 heteroatoms. The van der Waals surface area contributed by atoms with E-state index in [4.69, 9.17) is 22.6 Å². The summed E-state index contributed by atoms with van der Waals surface area (Å²) < 4.78 is 1.81. The predicted octanol–water partition coefficient (Wildman–Crippen LogP) is 2.59. The molecule has 2 N–H and O–H groups in total. The number of nitrogens with two attached hydrogens (primary N) is 1. The number of aromatic nitrogens is 3. The third-order valence-corrected chi connectivity index (χ3v) is 3.21. The number of rotatable bonds is 2. The SMILES string of the molecule is N#Cc1ccc(Cn2c(N)nc3cc(Cl)cnc32)cc1. The third-order valence-electron chi connectivity index (χ3n) is 3.00. The van der Waals surface area contributed by atoms with Gasteiger partial charge in [0.1, 0.15) is 5.52 Å². The molecule has 0 aliphatic heterocycles. The number of hydrogen-bond donors (Lipinski definition) is 1. The van der Waals surface area contributed by atoms with E-state index in [0.29, 0.717) is 34.2 Å². The topological polar surface area (TPSA) is 80.5 Å². The van der Waals surface area contributed by atoms with Crippen molar-refractivity contribution in [1.82, 2.24) is 14.5 Å². The van der Waals surface area contributed by atoms with E-state index >= 15 is 0 Å². The number of halogens is 1. The first-order valence-electron chi connectivity index (χ1n) is 5.93. The van der Waals surface area contributed by atoms with Gasteiger partial charge in [0.05, 0.1) is 23.2 Å². The van der Waals surface area contributed by atoms with Crippen molar-refractivity contribution in [2.45, 2.75) is 6.54 Å². The maximum absolute atomic E-state index is 8.79. The highest BCUT2D eigenvalue weighted by Gasteiger charge is 2.10. The summed E-state index contributed by atoms with van der Waals surface area (Å²) in [6, 6.07) is 11.1. The van der Waals surface area contributed by atoms with Crippen LogP contribution in [0, 0.1) is 11.3 Å². The first-order chi connectivity index (χ1) is 9.67. The molecule has 3 rings (SSSR count). The van der Waals surface area contributed by atoms with E-state index in [0.717, 1.165) is 5.56 Å². The van der Waals surface area contributed by atoms with Gasteiger partial charge in [0.25, 0.3) is 0 Å². The Morgan fingerprint density at radius 3 is 2.75 bits per heavy atom. The summed E-state index contributed by atoms with van der Waals surface area (Å²) in [5.41, 5.74) is 8.93. The van der Waals surface area contributed by atoms with Gasteiger partial charge in [-0.25, -0.2) is 9.97 Å². The van der Waals surface area contributed by atoms with Crippen LogP contribution in [0.3, 0.4) is 0 Å². The van der Waals surface area contributed by atoms with Gasteiger partial charge in [0, 0.05) is 6.20 Å². The van der Waals surface area contributed by atoms with E-state index in [2.05, 4.69) is 16.0 Å². The van der Waals surface area contributed by atoms with Gasteiger partial charge in [-0.15, -0.1) is 0 Å². The van der Waals surface area contributed by atoms with Gasteiger partial charge in [-0.3, -0.25) is 4.57 Å². The number of nitrogen functional groups attached to an aromatic ring is 1. The van der Waals surface area contributed by atoms with Crippen LogP contribution in [0.25, 0.3) is 11.2 Å². The second kappa shape index (κ2) is 4.83. The van der Waals surface area contributed by atoms with Crippen molar-refractivity contribution in [2.24, 2.45) is 0 Å². The summed E-state index contributed by atoms with van der Waals surface area (Å²) >= 11 is 5.89. The number of nitriles is 1. The van der Waals surface area contributed by atoms with Crippen LogP contribution < -0.4 is 5.73 Å². The van der Waals surface area contributed by atoms with Crippen molar-refractivity contribution in [3.8, 4) is 6.07 Å². The minimum atomic E-state index is 0.388. The Morgan fingerprint density at radius 2 is 2.05 bits per heavy atom.